The second kappa shape index (κ2) is 5.35. The number of hydrogen-bond acceptors (Lipinski definition) is 3. The number of nitrogens with one attached hydrogen (secondary N) is 1. The van der Waals surface area contributed by atoms with Crippen LogP contribution in [0, 0.1) is 17.8 Å². The van der Waals surface area contributed by atoms with Gasteiger partial charge in [0.1, 0.15) is 0 Å². The number of hydrogen-bond donors (Lipinski definition) is 2. The minimum Gasteiger partial charge on any atom is -0.481 e. The lowest BCUT2D eigenvalue weighted by atomic mass is 9.78. The third-order valence-electron chi connectivity index (χ3n) is 5.30. The van der Waals surface area contributed by atoms with E-state index in [1.807, 2.05) is 0 Å². The van der Waals surface area contributed by atoms with Crippen LogP contribution in [-0.4, -0.2) is 35.2 Å². The normalized spacial score (nSPS) is 43.5. The first-order valence-corrected chi connectivity index (χ1v) is 7.76. The van der Waals surface area contributed by atoms with Gasteiger partial charge < -0.3 is 15.2 Å². The van der Waals surface area contributed by atoms with Crippen LogP contribution in [0.2, 0.25) is 0 Å². The van der Waals surface area contributed by atoms with Gasteiger partial charge in [-0.05, 0) is 31.6 Å². The van der Waals surface area contributed by atoms with Crippen LogP contribution in [-0.2, 0) is 14.3 Å². The predicted molar refractivity (Wildman–Crippen MR) is 72.1 cm³/mol. The molecule has 0 aromatic carbocycles. The van der Waals surface area contributed by atoms with Crippen molar-refractivity contribution in [3.05, 3.63) is 0 Å². The Labute approximate surface area is 119 Å². The lowest BCUT2D eigenvalue weighted by Crippen LogP contribution is -2.49. The lowest BCUT2D eigenvalue weighted by molar-refractivity contribution is -0.148. The quantitative estimate of drug-likeness (QED) is 0.823. The van der Waals surface area contributed by atoms with Crippen molar-refractivity contribution in [2.75, 3.05) is 0 Å². The maximum atomic E-state index is 12.5. The van der Waals surface area contributed by atoms with Gasteiger partial charge in [-0.15, -0.1) is 0 Å². The average molecular weight is 281 g/mol. The molecule has 1 amide bonds. The van der Waals surface area contributed by atoms with E-state index in [-0.39, 0.29) is 24.2 Å². The van der Waals surface area contributed by atoms with Crippen LogP contribution in [0.5, 0.6) is 0 Å². The van der Waals surface area contributed by atoms with Crippen molar-refractivity contribution in [1.82, 2.24) is 5.32 Å². The summed E-state index contributed by atoms with van der Waals surface area (Å²) in [5, 5.41) is 12.5. The van der Waals surface area contributed by atoms with Crippen LogP contribution in [0.4, 0.5) is 0 Å². The van der Waals surface area contributed by atoms with E-state index in [4.69, 9.17) is 4.74 Å². The summed E-state index contributed by atoms with van der Waals surface area (Å²) < 4.78 is 5.65. The number of ether oxygens (including phenoxy) is 1. The zero-order chi connectivity index (χ0) is 14.3. The molecule has 2 heterocycles. The summed E-state index contributed by atoms with van der Waals surface area (Å²) in [6.45, 7) is 2.16. The molecule has 3 rings (SSSR count). The minimum absolute atomic E-state index is 0.108. The fraction of sp³-hybridized carbons (Fsp3) is 0.867. The Balaban J connectivity index is 1.68. The average Bonchev–Trinajstić information content (AvgIpc) is 3.01. The van der Waals surface area contributed by atoms with Gasteiger partial charge in [0.25, 0.3) is 0 Å². The van der Waals surface area contributed by atoms with E-state index >= 15 is 0 Å². The molecule has 5 heteroatoms. The molecule has 20 heavy (non-hydrogen) atoms. The Kier molecular flexibility index (Phi) is 3.71. The first-order valence-electron chi connectivity index (χ1n) is 7.76. The molecule has 5 nitrogen and oxygen atoms in total. The molecular formula is C15H23NO4. The minimum atomic E-state index is -0.894. The largest absolute Gasteiger partial charge is 0.481 e. The van der Waals surface area contributed by atoms with E-state index in [1.54, 1.807) is 0 Å². The van der Waals surface area contributed by atoms with Crippen molar-refractivity contribution in [2.24, 2.45) is 17.8 Å². The zero-order valence-corrected chi connectivity index (χ0v) is 11.9. The van der Waals surface area contributed by atoms with Gasteiger partial charge in [0, 0.05) is 6.04 Å². The van der Waals surface area contributed by atoms with Crippen LogP contribution in [0.3, 0.4) is 0 Å². The second-order valence-corrected chi connectivity index (χ2v) is 6.56. The van der Waals surface area contributed by atoms with Crippen molar-refractivity contribution in [1.29, 1.82) is 0 Å². The molecule has 2 N–H and O–H groups in total. The Morgan fingerprint density at radius 3 is 2.35 bits per heavy atom. The molecule has 2 saturated heterocycles. The molecule has 0 aromatic heterocycles. The highest BCUT2D eigenvalue weighted by Gasteiger charge is 2.55. The maximum absolute atomic E-state index is 12.5. The van der Waals surface area contributed by atoms with Crippen LogP contribution in [0.15, 0.2) is 0 Å². The third-order valence-corrected chi connectivity index (χ3v) is 5.30. The highest BCUT2D eigenvalue weighted by Crippen LogP contribution is 2.43. The molecule has 1 saturated carbocycles. The van der Waals surface area contributed by atoms with E-state index in [1.165, 1.54) is 6.42 Å². The van der Waals surface area contributed by atoms with Gasteiger partial charge in [0.15, 0.2) is 0 Å². The highest BCUT2D eigenvalue weighted by molar-refractivity contribution is 5.86. The number of aliphatic carboxylic acids is 1. The van der Waals surface area contributed by atoms with Crippen molar-refractivity contribution in [2.45, 2.75) is 63.7 Å². The van der Waals surface area contributed by atoms with Gasteiger partial charge in [-0.2, -0.15) is 0 Å². The Morgan fingerprint density at radius 2 is 1.70 bits per heavy atom. The molecule has 0 aromatic rings. The first-order chi connectivity index (χ1) is 9.58. The molecule has 112 valence electrons. The molecule has 3 fully saturated rings. The summed E-state index contributed by atoms with van der Waals surface area (Å²) in [5.41, 5.74) is 0. The first kappa shape index (κ1) is 13.9. The van der Waals surface area contributed by atoms with Crippen molar-refractivity contribution in [3.63, 3.8) is 0 Å². The fourth-order valence-corrected chi connectivity index (χ4v) is 4.13. The second-order valence-electron chi connectivity index (χ2n) is 6.56. The summed E-state index contributed by atoms with van der Waals surface area (Å²) in [5.74, 6) is -1.68. The molecular weight excluding hydrogens is 258 g/mol. The van der Waals surface area contributed by atoms with E-state index < -0.39 is 17.8 Å². The van der Waals surface area contributed by atoms with Crippen LogP contribution < -0.4 is 5.32 Å². The molecule has 2 bridgehead atoms. The number of carboxylic acid groups (broad SMARTS) is 1. The smallest absolute Gasteiger partial charge is 0.310 e. The van der Waals surface area contributed by atoms with E-state index in [0.717, 1.165) is 32.1 Å². The molecule has 0 unspecified atom stereocenters. The van der Waals surface area contributed by atoms with Crippen LogP contribution >= 0.6 is 0 Å². The number of amides is 1. The number of carbonyl (C=O) groups is 2. The number of carbonyl (C=O) groups excluding carboxylic acids is 1. The standard InChI is InChI=1S/C15H23NO4/c1-8-4-2-3-5-9(8)16-14(17)12-10-6-7-11(20-10)13(12)15(18)19/h8-13H,2-7H2,1H3,(H,16,17)(H,18,19)/t8-,9+,10+,11-,12-,13+/m1/s1. The summed E-state index contributed by atoms with van der Waals surface area (Å²) >= 11 is 0. The van der Waals surface area contributed by atoms with E-state index in [0.29, 0.717) is 5.92 Å². The van der Waals surface area contributed by atoms with Gasteiger partial charge in [-0.25, -0.2) is 0 Å². The number of fused-ring (bicyclic) bond motifs is 2. The predicted octanol–water partition coefficient (Wildman–Crippen LogP) is 1.56. The topological polar surface area (TPSA) is 75.6 Å². The number of carboxylic acids is 1. The molecule has 0 spiro atoms. The Morgan fingerprint density at radius 1 is 1.05 bits per heavy atom. The summed E-state index contributed by atoms with van der Waals surface area (Å²) in [6, 6.07) is 0.199. The van der Waals surface area contributed by atoms with Gasteiger partial charge in [-0.1, -0.05) is 19.8 Å². The number of rotatable bonds is 3. The molecule has 0 radical (unpaired) electrons. The molecule has 3 aliphatic rings. The van der Waals surface area contributed by atoms with Gasteiger partial charge in [0.2, 0.25) is 5.91 Å². The summed E-state index contributed by atoms with van der Waals surface area (Å²) in [7, 11) is 0. The third kappa shape index (κ3) is 2.32. The highest BCUT2D eigenvalue weighted by atomic mass is 16.5. The molecule has 6 atom stereocenters. The van der Waals surface area contributed by atoms with Gasteiger partial charge in [0.05, 0.1) is 24.0 Å². The summed E-state index contributed by atoms with van der Waals surface area (Å²) in [4.78, 5) is 23.9. The van der Waals surface area contributed by atoms with E-state index in [9.17, 15) is 14.7 Å². The monoisotopic (exact) mass is 281 g/mol. The van der Waals surface area contributed by atoms with Crippen molar-refractivity contribution < 1.29 is 19.4 Å². The lowest BCUT2D eigenvalue weighted by Gasteiger charge is -2.32. The Hall–Kier alpha value is -1.10. The molecule has 1 aliphatic carbocycles. The zero-order valence-electron chi connectivity index (χ0n) is 11.9. The maximum Gasteiger partial charge on any atom is 0.310 e. The van der Waals surface area contributed by atoms with Crippen molar-refractivity contribution >= 4 is 11.9 Å². The van der Waals surface area contributed by atoms with Crippen LogP contribution in [0.1, 0.15) is 45.4 Å². The van der Waals surface area contributed by atoms with Gasteiger partial charge in [-0.3, -0.25) is 9.59 Å². The van der Waals surface area contributed by atoms with Crippen LogP contribution in [0.25, 0.3) is 0 Å². The SMILES string of the molecule is C[C@@H]1CCCC[C@@H]1NC(=O)[C@H]1[C@@H](C(=O)O)[C@H]2CC[C@@H]1O2. The summed E-state index contributed by atoms with van der Waals surface area (Å²) in [6.07, 6.45) is 5.63. The van der Waals surface area contributed by atoms with Crippen molar-refractivity contribution in [3.8, 4) is 0 Å². The van der Waals surface area contributed by atoms with Gasteiger partial charge >= 0.3 is 5.97 Å². The molecule has 2 aliphatic heterocycles. The fourth-order valence-electron chi connectivity index (χ4n) is 4.13. The Bertz CT molecular complexity index is 411. The van der Waals surface area contributed by atoms with E-state index in [2.05, 4.69) is 12.2 Å².